The number of fused-ring (bicyclic) bond motifs is 1. The van der Waals surface area contributed by atoms with Crippen molar-refractivity contribution in [2.24, 2.45) is 0 Å². The summed E-state index contributed by atoms with van der Waals surface area (Å²) in [6, 6.07) is 13.0. The molecule has 0 spiro atoms. The number of ether oxygens (including phenoxy) is 2. The quantitative estimate of drug-likeness (QED) is 0.803. The van der Waals surface area contributed by atoms with Crippen molar-refractivity contribution in [3.05, 3.63) is 59.2 Å². The van der Waals surface area contributed by atoms with E-state index in [9.17, 15) is 4.79 Å². The van der Waals surface area contributed by atoms with Crippen molar-refractivity contribution in [3.63, 3.8) is 0 Å². The molecule has 0 radical (unpaired) electrons. The summed E-state index contributed by atoms with van der Waals surface area (Å²) in [5.74, 6) is 1.42. The molecule has 0 saturated heterocycles. The topological polar surface area (TPSA) is 35.5 Å². The SMILES string of the molecule is CC(C)Oc1cccc(C(=O)c2cccc3c2OCC3)c1. The Labute approximate surface area is 124 Å². The van der Waals surface area contributed by atoms with Gasteiger partial charge >= 0.3 is 0 Å². The van der Waals surface area contributed by atoms with Crippen LogP contribution in [0, 0.1) is 0 Å². The number of carbonyl (C=O) groups excluding carboxylic acids is 1. The third kappa shape index (κ3) is 2.77. The lowest BCUT2D eigenvalue weighted by molar-refractivity contribution is 0.103. The molecule has 0 aromatic heterocycles. The molecule has 3 nitrogen and oxygen atoms in total. The number of hydrogen-bond donors (Lipinski definition) is 0. The Morgan fingerprint density at radius 3 is 2.81 bits per heavy atom. The summed E-state index contributed by atoms with van der Waals surface area (Å²) >= 11 is 0. The Hall–Kier alpha value is -2.29. The molecule has 0 N–H and O–H groups in total. The molecule has 0 aliphatic carbocycles. The van der Waals surface area contributed by atoms with E-state index >= 15 is 0 Å². The van der Waals surface area contributed by atoms with Gasteiger partial charge in [-0.3, -0.25) is 4.79 Å². The molecule has 1 heterocycles. The van der Waals surface area contributed by atoms with Gasteiger partial charge in [-0.15, -0.1) is 0 Å². The molecular weight excluding hydrogens is 264 g/mol. The van der Waals surface area contributed by atoms with Crippen LogP contribution in [-0.2, 0) is 6.42 Å². The first-order valence-electron chi connectivity index (χ1n) is 7.21. The summed E-state index contributed by atoms with van der Waals surface area (Å²) in [6.45, 7) is 4.58. The van der Waals surface area contributed by atoms with E-state index in [2.05, 4.69) is 0 Å². The van der Waals surface area contributed by atoms with Crippen LogP contribution in [0.1, 0.15) is 35.3 Å². The maximum atomic E-state index is 12.7. The van der Waals surface area contributed by atoms with Gasteiger partial charge in [-0.05, 0) is 37.6 Å². The molecule has 1 aliphatic heterocycles. The molecule has 21 heavy (non-hydrogen) atoms. The van der Waals surface area contributed by atoms with Gasteiger partial charge in [0.25, 0.3) is 0 Å². The van der Waals surface area contributed by atoms with Gasteiger partial charge in [0, 0.05) is 12.0 Å². The van der Waals surface area contributed by atoms with Crippen LogP contribution in [0.25, 0.3) is 0 Å². The molecule has 0 fully saturated rings. The van der Waals surface area contributed by atoms with E-state index in [-0.39, 0.29) is 11.9 Å². The first kappa shape index (κ1) is 13.7. The van der Waals surface area contributed by atoms with E-state index < -0.39 is 0 Å². The van der Waals surface area contributed by atoms with Gasteiger partial charge in [-0.25, -0.2) is 0 Å². The van der Waals surface area contributed by atoms with Crippen LogP contribution in [0.5, 0.6) is 11.5 Å². The van der Waals surface area contributed by atoms with E-state index in [0.29, 0.717) is 23.5 Å². The highest BCUT2D eigenvalue weighted by Crippen LogP contribution is 2.31. The molecular formula is C18H18O3. The van der Waals surface area contributed by atoms with Gasteiger partial charge in [0.15, 0.2) is 5.78 Å². The second kappa shape index (κ2) is 5.60. The van der Waals surface area contributed by atoms with Crippen LogP contribution >= 0.6 is 0 Å². The highest BCUT2D eigenvalue weighted by Gasteiger charge is 2.21. The second-order valence-electron chi connectivity index (χ2n) is 5.42. The van der Waals surface area contributed by atoms with Crippen molar-refractivity contribution in [2.45, 2.75) is 26.4 Å². The lowest BCUT2D eigenvalue weighted by atomic mass is 9.99. The first-order valence-corrected chi connectivity index (χ1v) is 7.21. The predicted molar refractivity (Wildman–Crippen MR) is 81.3 cm³/mol. The molecule has 0 atom stereocenters. The van der Waals surface area contributed by atoms with E-state index in [4.69, 9.17) is 9.47 Å². The Bertz CT molecular complexity index is 674. The highest BCUT2D eigenvalue weighted by atomic mass is 16.5. The number of ketones is 1. The molecule has 108 valence electrons. The summed E-state index contributed by atoms with van der Waals surface area (Å²) in [4.78, 5) is 12.7. The van der Waals surface area contributed by atoms with Crippen LogP contribution < -0.4 is 9.47 Å². The first-order chi connectivity index (χ1) is 10.1. The van der Waals surface area contributed by atoms with Crippen molar-refractivity contribution in [1.82, 2.24) is 0 Å². The average molecular weight is 282 g/mol. The third-order valence-electron chi connectivity index (χ3n) is 3.43. The minimum absolute atomic E-state index is 0.0250. The Kier molecular flexibility index (Phi) is 3.65. The predicted octanol–water partition coefficient (Wildman–Crippen LogP) is 3.64. The summed E-state index contributed by atoms with van der Waals surface area (Å²) in [5, 5.41) is 0. The number of rotatable bonds is 4. The Morgan fingerprint density at radius 1 is 1.19 bits per heavy atom. The monoisotopic (exact) mass is 282 g/mol. The Morgan fingerprint density at radius 2 is 2.00 bits per heavy atom. The zero-order valence-corrected chi connectivity index (χ0v) is 12.3. The molecule has 2 aromatic carbocycles. The maximum Gasteiger partial charge on any atom is 0.196 e. The molecule has 0 saturated carbocycles. The number of para-hydroxylation sites is 1. The number of carbonyl (C=O) groups is 1. The average Bonchev–Trinajstić information content (AvgIpc) is 2.94. The maximum absolute atomic E-state index is 12.7. The zero-order chi connectivity index (χ0) is 14.8. The van der Waals surface area contributed by atoms with Crippen molar-refractivity contribution in [1.29, 1.82) is 0 Å². The molecule has 3 heteroatoms. The lowest BCUT2D eigenvalue weighted by Gasteiger charge is -2.11. The van der Waals surface area contributed by atoms with Gasteiger partial charge < -0.3 is 9.47 Å². The third-order valence-corrected chi connectivity index (χ3v) is 3.43. The minimum atomic E-state index is -0.0250. The fourth-order valence-electron chi connectivity index (χ4n) is 2.53. The van der Waals surface area contributed by atoms with E-state index in [1.54, 1.807) is 6.07 Å². The Balaban J connectivity index is 1.94. The molecule has 0 amide bonds. The van der Waals surface area contributed by atoms with E-state index in [1.165, 1.54) is 0 Å². The van der Waals surface area contributed by atoms with Crippen molar-refractivity contribution in [2.75, 3.05) is 6.61 Å². The van der Waals surface area contributed by atoms with Gasteiger partial charge in [0.2, 0.25) is 0 Å². The molecule has 1 aliphatic rings. The standard InChI is InChI=1S/C18H18O3/c1-12(2)21-15-7-3-6-14(11-15)17(19)16-8-4-5-13-9-10-20-18(13)16/h3-8,11-12H,9-10H2,1-2H3. The van der Waals surface area contributed by atoms with Crippen LogP contribution in [0.15, 0.2) is 42.5 Å². The molecule has 2 aromatic rings. The van der Waals surface area contributed by atoms with Gasteiger partial charge in [-0.2, -0.15) is 0 Å². The molecule has 3 rings (SSSR count). The summed E-state index contributed by atoms with van der Waals surface area (Å²) < 4.78 is 11.3. The summed E-state index contributed by atoms with van der Waals surface area (Å²) in [6.07, 6.45) is 0.951. The van der Waals surface area contributed by atoms with Crippen LogP contribution in [0.3, 0.4) is 0 Å². The largest absolute Gasteiger partial charge is 0.492 e. The van der Waals surface area contributed by atoms with Crippen molar-refractivity contribution >= 4 is 5.78 Å². The molecule has 0 unspecified atom stereocenters. The second-order valence-corrected chi connectivity index (χ2v) is 5.42. The van der Waals surface area contributed by atoms with Crippen LogP contribution in [0.4, 0.5) is 0 Å². The van der Waals surface area contributed by atoms with Crippen LogP contribution in [0.2, 0.25) is 0 Å². The minimum Gasteiger partial charge on any atom is -0.492 e. The normalized spacial score (nSPS) is 12.9. The summed E-state index contributed by atoms with van der Waals surface area (Å²) in [5.41, 5.74) is 2.36. The fourth-order valence-corrected chi connectivity index (χ4v) is 2.53. The summed E-state index contributed by atoms with van der Waals surface area (Å²) in [7, 11) is 0. The zero-order valence-electron chi connectivity index (χ0n) is 12.3. The fraction of sp³-hybridized carbons (Fsp3) is 0.278. The van der Waals surface area contributed by atoms with Crippen molar-refractivity contribution in [3.8, 4) is 11.5 Å². The lowest BCUT2D eigenvalue weighted by Crippen LogP contribution is -2.07. The van der Waals surface area contributed by atoms with Gasteiger partial charge in [0.1, 0.15) is 11.5 Å². The van der Waals surface area contributed by atoms with Crippen molar-refractivity contribution < 1.29 is 14.3 Å². The van der Waals surface area contributed by atoms with Gasteiger partial charge in [-0.1, -0.05) is 24.3 Å². The smallest absolute Gasteiger partial charge is 0.196 e. The number of benzene rings is 2. The number of hydrogen-bond acceptors (Lipinski definition) is 3. The van der Waals surface area contributed by atoms with Gasteiger partial charge in [0.05, 0.1) is 18.3 Å². The van der Waals surface area contributed by atoms with Crippen LogP contribution in [-0.4, -0.2) is 18.5 Å². The van der Waals surface area contributed by atoms with E-state index in [0.717, 1.165) is 17.7 Å². The van der Waals surface area contributed by atoms with E-state index in [1.807, 2.05) is 50.2 Å². The molecule has 0 bridgehead atoms. The highest BCUT2D eigenvalue weighted by molar-refractivity contribution is 6.11.